The Morgan fingerprint density at radius 3 is 2.37 bits per heavy atom. The first kappa shape index (κ1) is 25.0. The summed E-state index contributed by atoms with van der Waals surface area (Å²) in [6.45, 7) is 2.98. The summed E-state index contributed by atoms with van der Waals surface area (Å²) in [6, 6.07) is 21.5. The topological polar surface area (TPSA) is 83.7 Å². The third-order valence-corrected chi connectivity index (χ3v) is 7.90. The van der Waals surface area contributed by atoms with E-state index in [-0.39, 0.29) is 18.5 Å². The monoisotopic (exact) mass is 509 g/mol. The largest absolute Gasteiger partial charge is 0.399 e. The lowest BCUT2D eigenvalue weighted by molar-refractivity contribution is 0.0671. The molecule has 0 spiro atoms. The van der Waals surface area contributed by atoms with Gasteiger partial charge in [0, 0.05) is 47.4 Å². The third kappa shape index (κ3) is 6.31. The van der Waals surface area contributed by atoms with Gasteiger partial charge in [0.1, 0.15) is 0 Å². The van der Waals surface area contributed by atoms with Crippen LogP contribution in [-0.2, 0) is 16.6 Å². The molecule has 3 aromatic rings. The number of hydrogen-bond acceptors (Lipinski definition) is 4. The summed E-state index contributed by atoms with van der Waals surface area (Å²) < 4.78 is 27.5. The van der Waals surface area contributed by atoms with E-state index in [1.54, 1.807) is 59.5 Å². The molecule has 2 N–H and O–H groups in total. The van der Waals surface area contributed by atoms with Gasteiger partial charge in [-0.1, -0.05) is 53.6 Å². The van der Waals surface area contributed by atoms with Gasteiger partial charge in [-0.3, -0.25) is 4.79 Å². The number of nitrogens with zero attached hydrogens (tertiary/aromatic N) is 2. The van der Waals surface area contributed by atoms with Crippen LogP contribution in [0, 0.1) is 6.92 Å². The van der Waals surface area contributed by atoms with Gasteiger partial charge < -0.3 is 10.6 Å². The molecule has 0 aliphatic carbocycles. The molecule has 1 atom stereocenters. The number of carbonyl (C=O) groups is 1. The second kappa shape index (κ2) is 10.6. The molecule has 182 valence electrons. The zero-order valence-electron chi connectivity index (χ0n) is 19.5. The number of aryl methyl sites for hydroxylation is 1. The lowest BCUT2D eigenvalue weighted by atomic mass is 10.1. The zero-order valence-corrected chi connectivity index (χ0v) is 21.0. The van der Waals surface area contributed by atoms with Crippen LogP contribution in [0.4, 0.5) is 5.69 Å². The van der Waals surface area contributed by atoms with Gasteiger partial charge >= 0.3 is 0 Å². The van der Waals surface area contributed by atoms with Crippen molar-refractivity contribution < 1.29 is 13.2 Å². The molecule has 3 aromatic carbocycles. The van der Waals surface area contributed by atoms with Crippen LogP contribution in [0.5, 0.6) is 0 Å². The third-order valence-electron chi connectivity index (χ3n) is 6.12. The molecule has 1 aliphatic heterocycles. The van der Waals surface area contributed by atoms with Gasteiger partial charge in [0.15, 0.2) is 0 Å². The molecule has 0 bridgehead atoms. The summed E-state index contributed by atoms with van der Waals surface area (Å²) in [4.78, 5) is 15.3. The van der Waals surface area contributed by atoms with Crippen LogP contribution in [-0.4, -0.2) is 42.7 Å². The van der Waals surface area contributed by atoms with Crippen LogP contribution in [0.2, 0.25) is 5.02 Å². The molecule has 1 saturated heterocycles. The van der Waals surface area contributed by atoms with Crippen LogP contribution in [0.15, 0.2) is 78.2 Å². The number of nitrogens with two attached hydrogens (primary N) is 1. The number of rotatable bonds is 7. The average molecular weight is 510 g/mol. The molecule has 35 heavy (non-hydrogen) atoms. The summed E-state index contributed by atoms with van der Waals surface area (Å²) in [5.41, 5.74) is 9.77. The van der Waals surface area contributed by atoms with Crippen LogP contribution in [0.1, 0.15) is 33.5 Å². The van der Waals surface area contributed by atoms with Crippen molar-refractivity contribution in [3.05, 3.63) is 105 Å². The Kier molecular flexibility index (Phi) is 7.60. The van der Waals surface area contributed by atoms with Gasteiger partial charge in [-0.15, -0.1) is 0 Å². The minimum atomic E-state index is -3.64. The predicted octanol–water partition coefficient (Wildman–Crippen LogP) is 4.95. The lowest BCUT2D eigenvalue weighted by Gasteiger charge is -2.29. The Hall–Kier alpha value is -3.13. The fourth-order valence-electron chi connectivity index (χ4n) is 4.07. The highest BCUT2D eigenvalue weighted by atomic mass is 35.5. The molecule has 6 nitrogen and oxygen atoms in total. The number of halogens is 1. The molecule has 8 heteroatoms. The number of carbonyl (C=O) groups excluding carboxylic acids is 1. The average Bonchev–Trinajstić information content (AvgIpc) is 3.35. The second-order valence-corrected chi connectivity index (χ2v) is 11.0. The van der Waals surface area contributed by atoms with Crippen LogP contribution < -0.4 is 5.73 Å². The van der Waals surface area contributed by atoms with Crippen LogP contribution in [0.3, 0.4) is 0 Å². The van der Waals surface area contributed by atoms with Crippen molar-refractivity contribution in [2.75, 3.05) is 18.8 Å². The van der Waals surface area contributed by atoms with Gasteiger partial charge in [0.2, 0.25) is 10.0 Å². The molecular formula is C27H28ClN3O3S. The molecule has 1 amide bonds. The molecule has 0 radical (unpaired) electrons. The predicted molar refractivity (Wildman–Crippen MR) is 141 cm³/mol. The summed E-state index contributed by atoms with van der Waals surface area (Å²) in [7, 11) is -3.64. The van der Waals surface area contributed by atoms with E-state index in [2.05, 4.69) is 0 Å². The fraction of sp³-hybridized carbons (Fsp3) is 0.222. The van der Waals surface area contributed by atoms with E-state index in [1.165, 1.54) is 9.71 Å². The van der Waals surface area contributed by atoms with Crippen molar-refractivity contribution in [3.63, 3.8) is 0 Å². The highest BCUT2D eigenvalue weighted by molar-refractivity contribution is 7.92. The molecule has 1 fully saturated rings. The summed E-state index contributed by atoms with van der Waals surface area (Å²) >= 11 is 5.91. The number of amides is 1. The van der Waals surface area contributed by atoms with Crippen LogP contribution in [0.25, 0.3) is 6.08 Å². The molecule has 1 aliphatic rings. The SMILES string of the molecule is Cc1ccc(CN(C(=O)c2ccc(N)cc2)C2CCN(S(=O)(=O)/C=C/c3ccc(Cl)cc3)C2)cc1. The van der Waals surface area contributed by atoms with Crippen molar-refractivity contribution in [3.8, 4) is 0 Å². The van der Waals surface area contributed by atoms with Crippen molar-refractivity contribution in [2.45, 2.75) is 25.9 Å². The normalized spacial score (nSPS) is 16.6. The molecule has 0 aromatic heterocycles. The summed E-state index contributed by atoms with van der Waals surface area (Å²) in [5.74, 6) is -0.147. The Bertz CT molecular complexity index is 1310. The Morgan fingerprint density at radius 1 is 1.06 bits per heavy atom. The van der Waals surface area contributed by atoms with Crippen molar-refractivity contribution >= 4 is 39.3 Å². The number of anilines is 1. The van der Waals surface area contributed by atoms with Crippen LogP contribution >= 0.6 is 11.6 Å². The molecular weight excluding hydrogens is 482 g/mol. The van der Waals surface area contributed by atoms with E-state index in [0.29, 0.717) is 35.8 Å². The van der Waals surface area contributed by atoms with E-state index in [4.69, 9.17) is 17.3 Å². The minimum Gasteiger partial charge on any atom is -0.399 e. The standard InChI is InChI=1S/C27H28ClN3O3S/c1-20-2-4-22(5-3-20)18-31(27(32)23-8-12-25(29)13-9-23)26-14-16-30(19-26)35(33,34)17-15-21-6-10-24(28)11-7-21/h2-13,15,17,26H,14,16,18-19,29H2,1H3/b17-15+. The number of hydrogen-bond donors (Lipinski definition) is 1. The maximum Gasteiger partial charge on any atom is 0.254 e. The highest BCUT2D eigenvalue weighted by Gasteiger charge is 2.35. The number of nitrogen functional groups attached to an aromatic ring is 1. The highest BCUT2D eigenvalue weighted by Crippen LogP contribution is 2.24. The second-order valence-electron chi connectivity index (χ2n) is 8.74. The minimum absolute atomic E-state index is 0.147. The van der Waals surface area contributed by atoms with E-state index in [1.807, 2.05) is 31.2 Å². The summed E-state index contributed by atoms with van der Waals surface area (Å²) in [6.07, 6.45) is 2.11. The summed E-state index contributed by atoms with van der Waals surface area (Å²) in [5, 5.41) is 1.80. The van der Waals surface area contributed by atoms with Crippen molar-refractivity contribution in [1.29, 1.82) is 0 Å². The smallest absolute Gasteiger partial charge is 0.254 e. The lowest BCUT2D eigenvalue weighted by Crippen LogP contribution is -2.42. The molecule has 4 rings (SSSR count). The van der Waals surface area contributed by atoms with Gasteiger partial charge in [0.25, 0.3) is 5.91 Å². The van der Waals surface area contributed by atoms with Gasteiger partial charge in [-0.05, 0) is 66.9 Å². The number of sulfonamides is 1. The molecule has 1 unspecified atom stereocenters. The quantitative estimate of drug-likeness (QED) is 0.457. The van der Waals surface area contributed by atoms with E-state index in [9.17, 15) is 13.2 Å². The fourth-order valence-corrected chi connectivity index (χ4v) is 5.44. The van der Waals surface area contributed by atoms with Crippen molar-refractivity contribution in [2.24, 2.45) is 0 Å². The van der Waals surface area contributed by atoms with E-state index < -0.39 is 10.0 Å². The van der Waals surface area contributed by atoms with Gasteiger partial charge in [-0.25, -0.2) is 8.42 Å². The Morgan fingerprint density at radius 2 is 1.71 bits per heavy atom. The van der Waals surface area contributed by atoms with E-state index in [0.717, 1.165) is 16.7 Å². The molecule has 1 heterocycles. The molecule has 0 saturated carbocycles. The van der Waals surface area contributed by atoms with E-state index >= 15 is 0 Å². The Labute approximate surface area is 211 Å². The first-order valence-corrected chi connectivity index (χ1v) is 13.3. The van der Waals surface area contributed by atoms with Gasteiger partial charge in [-0.2, -0.15) is 4.31 Å². The van der Waals surface area contributed by atoms with Gasteiger partial charge in [0.05, 0.1) is 0 Å². The van der Waals surface area contributed by atoms with Crippen molar-refractivity contribution in [1.82, 2.24) is 9.21 Å². The maximum atomic E-state index is 13.5. The Balaban J connectivity index is 1.54. The zero-order chi connectivity index (χ0) is 25.0. The maximum absolute atomic E-state index is 13.5. The number of benzene rings is 3. The first-order valence-electron chi connectivity index (χ1n) is 11.4. The first-order chi connectivity index (χ1) is 16.7.